The number of carbonyl (C=O) groups is 1. The first-order valence-electron chi connectivity index (χ1n) is 8.07. The van der Waals surface area contributed by atoms with Crippen LogP contribution in [0.5, 0.6) is 0 Å². The summed E-state index contributed by atoms with van der Waals surface area (Å²) < 4.78 is 1.58. The maximum absolute atomic E-state index is 12.3. The van der Waals surface area contributed by atoms with Gasteiger partial charge in [0.15, 0.2) is 0 Å². The lowest BCUT2D eigenvalue weighted by atomic mass is 10.00. The normalized spacial score (nSPS) is 11.1. The van der Waals surface area contributed by atoms with Gasteiger partial charge in [-0.15, -0.1) is 0 Å². The first-order chi connectivity index (χ1) is 11.6. The quantitative estimate of drug-likeness (QED) is 0.684. The predicted molar refractivity (Wildman–Crippen MR) is 96.3 cm³/mol. The molecule has 0 saturated heterocycles. The molecule has 2 N–H and O–H groups in total. The fourth-order valence-electron chi connectivity index (χ4n) is 3.00. The summed E-state index contributed by atoms with van der Waals surface area (Å²) in [4.78, 5) is 26.3. The second kappa shape index (κ2) is 6.74. The van der Waals surface area contributed by atoms with E-state index in [1.54, 1.807) is 22.9 Å². The van der Waals surface area contributed by atoms with E-state index >= 15 is 0 Å². The minimum absolute atomic E-state index is 0.217. The number of nitrogens with zero attached hydrogens (tertiary/aromatic N) is 1. The zero-order valence-electron chi connectivity index (χ0n) is 13.9. The van der Waals surface area contributed by atoms with Crippen LogP contribution in [-0.2, 0) is 17.8 Å². The largest absolute Gasteiger partial charge is 0.357 e. The van der Waals surface area contributed by atoms with Crippen molar-refractivity contribution in [2.75, 3.05) is 5.32 Å². The van der Waals surface area contributed by atoms with E-state index in [4.69, 9.17) is 0 Å². The van der Waals surface area contributed by atoms with Crippen LogP contribution in [0, 0.1) is 5.92 Å². The van der Waals surface area contributed by atoms with Crippen molar-refractivity contribution >= 4 is 23.0 Å². The van der Waals surface area contributed by atoms with Crippen LogP contribution in [0.2, 0.25) is 0 Å². The van der Waals surface area contributed by atoms with Gasteiger partial charge >= 0.3 is 0 Å². The average molecular weight is 323 g/mol. The van der Waals surface area contributed by atoms with Crippen LogP contribution in [0.4, 0.5) is 5.69 Å². The number of rotatable bonds is 6. The van der Waals surface area contributed by atoms with E-state index < -0.39 is 0 Å². The van der Waals surface area contributed by atoms with Gasteiger partial charge in [0.05, 0.1) is 6.54 Å². The Morgan fingerprint density at radius 3 is 2.83 bits per heavy atom. The van der Waals surface area contributed by atoms with Gasteiger partial charge in [-0.2, -0.15) is 0 Å². The summed E-state index contributed by atoms with van der Waals surface area (Å²) in [5, 5.41) is 3.64. The molecule has 0 spiro atoms. The number of aromatic amines is 1. The second-order valence-electron chi connectivity index (χ2n) is 6.39. The van der Waals surface area contributed by atoms with Crippen LogP contribution < -0.4 is 10.9 Å². The summed E-state index contributed by atoms with van der Waals surface area (Å²) >= 11 is 0. The Balaban J connectivity index is 1.95. The maximum atomic E-state index is 12.3. The maximum Gasteiger partial charge on any atom is 0.274 e. The molecule has 3 aromatic rings. The highest BCUT2D eigenvalue weighted by Gasteiger charge is 2.09. The zero-order chi connectivity index (χ0) is 17.1. The van der Waals surface area contributed by atoms with Gasteiger partial charge in [-0.25, -0.2) is 0 Å². The summed E-state index contributed by atoms with van der Waals surface area (Å²) in [6.07, 6.45) is 3.26. The molecule has 0 unspecified atom stereocenters. The molecule has 0 radical (unpaired) electrons. The van der Waals surface area contributed by atoms with Gasteiger partial charge in [0, 0.05) is 22.8 Å². The first-order valence-corrected chi connectivity index (χ1v) is 8.07. The SMILES string of the molecule is CC(C)Cc1cccc2[nH]c(Cn3cccc(NC=O)c3=O)cc12. The minimum Gasteiger partial charge on any atom is -0.357 e. The molecule has 0 aliphatic carbocycles. The van der Waals surface area contributed by atoms with Crippen molar-refractivity contribution in [2.24, 2.45) is 5.92 Å². The minimum atomic E-state index is -0.217. The van der Waals surface area contributed by atoms with Gasteiger partial charge in [-0.3, -0.25) is 9.59 Å². The van der Waals surface area contributed by atoms with Crippen LogP contribution in [0.25, 0.3) is 10.9 Å². The molecule has 0 atom stereocenters. The Labute approximate surface area is 140 Å². The molecule has 3 rings (SSSR count). The molecule has 0 aliphatic rings. The van der Waals surface area contributed by atoms with E-state index in [-0.39, 0.29) is 11.2 Å². The fraction of sp³-hybridized carbons (Fsp3) is 0.263. The molecule has 0 fully saturated rings. The van der Waals surface area contributed by atoms with E-state index in [9.17, 15) is 9.59 Å². The molecule has 5 nitrogen and oxygen atoms in total. The molecule has 5 heteroatoms. The van der Waals surface area contributed by atoms with Gasteiger partial charge in [0.1, 0.15) is 5.69 Å². The number of carbonyl (C=O) groups excluding carboxylic acids is 1. The smallest absolute Gasteiger partial charge is 0.274 e. The average Bonchev–Trinajstić information content (AvgIpc) is 2.95. The monoisotopic (exact) mass is 323 g/mol. The zero-order valence-corrected chi connectivity index (χ0v) is 13.9. The number of hydrogen-bond donors (Lipinski definition) is 2. The molecule has 2 aromatic heterocycles. The summed E-state index contributed by atoms with van der Waals surface area (Å²) in [7, 11) is 0. The highest BCUT2D eigenvalue weighted by molar-refractivity contribution is 5.84. The predicted octanol–water partition coefficient (Wildman–Crippen LogP) is 3.14. The Kier molecular flexibility index (Phi) is 4.51. The van der Waals surface area contributed by atoms with E-state index in [0.29, 0.717) is 18.9 Å². The molecule has 2 heterocycles. The molecule has 0 saturated carbocycles. The third-order valence-corrected chi connectivity index (χ3v) is 4.01. The lowest BCUT2D eigenvalue weighted by Gasteiger charge is -2.06. The molecule has 0 bridgehead atoms. The van der Waals surface area contributed by atoms with Crippen LogP contribution in [0.1, 0.15) is 25.1 Å². The molecular weight excluding hydrogens is 302 g/mol. The summed E-state index contributed by atoms with van der Waals surface area (Å²) in [6.45, 7) is 4.85. The Hall–Kier alpha value is -2.82. The molecule has 24 heavy (non-hydrogen) atoms. The lowest BCUT2D eigenvalue weighted by molar-refractivity contribution is -0.105. The van der Waals surface area contributed by atoms with Gasteiger partial charge in [-0.1, -0.05) is 26.0 Å². The standard InChI is InChI=1S/C19H21N3O2/c1-13(2)9-14-5-3-6-17-16(14)10-15(21-17)11-22-8-4-7-18(19(22)24)20-12-23/h3-8,10,12-13,21H,9,11H2,1-2H3,(H,20,23). The molecule has 0 aliphatic heterocycles. The Morgan fingerprint density at radius 2 is 2.08 bits per heavy atom. The van der Waals surface area contributed by atoms with Crippen molar-refractivity contribution in [3.05, 3.63) is 64.2 Å². The van der Waals surface area contributed by atoms with E-state index in [1.807, 2.05) is 0 Å². The van der Waals surface area contributed by atoms with E-state index in [2.05, 4.69) is 48.4 Å². The number of H-pyrrole nitrogens is 1. The first kappa shape index (κ1) is 16.1. The van der Waals surface area contributed by atoms with Crippen LogP contribution >= 0.6 is 0 Å². The lowest BCUT2D eigenvalue weighted by Crippen LogP contribution is -2.23. The summed E-state index contributed by atoms with van der Waals surface area (Å²) in [6, 6.07) is 11.7. The number of aromatic nitrogens is 2. The summed E-state index contributed by atoms with van der Waals surface area (Å²) in [5.41, 5.74) is 3.42. The van der Waals surface area contributed by atoms with Gasteiger partial charge in [-0.05, 0) is 42.2 Å². The van der Waals surface area contributed by atoms with Crippen LogP contribution in [0.3, 0.4) is 0 Å². The van der Waals surface area contributed by atoms with E-state index in [0.717, 1.165) is 17.6 Å². The summed E-state index contributed by atoms with van der Waals surface area (Å²) in [5.74, 6) is 0.586. The third-order valence-electron chi connectivity index (χ3n) is 4.01. The molecule has 1 amide bonds. The second-order valence-corrected chi connectivity index (χ2v) is 6.39. The van der Waals surface area contributed by atoms with Crippen molar-refractivity contribution in [3.63, 3.8) is 0 Å². The number of pyridine rings is 1. The van der Waals surface area contributed by atoms with Crippen LogP contribution in [0.15, 0.2) is 47.4 Å². The third kappa shape index (κ3) is 3.25. The van der Waals surface area contributed by atoms with Crippen molar-refractivity contribution in [1.82, 2.24) is 9.55 Å². The highest BCUT2D eigenvalue weighted by Crippen LogP contribution is 2.22. The number of benzene rings is 1. The molecule has 124 valence electrons. The molecular formula is C19H21N3O2. The highest BCUT2D eigenvalue weighted by atomic mass is 16.1. The van der Waals surface area contributed by atoms with Gasteiger partial charge in [0.25, 0.3) is 5.56 Å². The van der Waals surface area contributed by atoms with Gasteiger partial charge in [0.2, 0.25) is 6.41 Å². The van der Waals surface area contributed by atoms with Crippen LogP contribution in [-0.4, -0.2) is 16.0 Å². The topological polar surface area (TPSA) is 66.9 Å². The number of hydrogen-bond acceptors (Lipinski definition) is 2. The number of fused-ring (bicyclic) bond motifs is 1. The Bertz CT molecular complexity index is 922. The van der Waals surface area contributed by atoms with Crippen molar-refractivity contribution in [2.45, 2.75) is 26.8 Å². The fourth-order valence-corrected chi connectivity index (χ4v) is 3.00. The van der Waals surface area contributed by atoms with Crippen molar-refractivity contribution in [3.8, 4) is 0 Å². The number of anilines is 1. The number of amides is 1. The number of nitrogens with one attached hydrogen (secondary N) is 2. The van der Waals surface area contributed by atoms with Crippen molar-refractivity contribution in [1.29, 1.82) is 0 Å². The van der Waals surface area contributed by atoms with Gasteiger partial charge < -0.3 is 14.9 Å². The Morgan fingerprint density at radius 1 is 1.25 bits per heavy atom. The van der Waals surface area contributed by atoms with Crippen molar-refractivity contribution < 1.29 is 4.79 Å². The molecule has 1 aromatic carbocycles. The van der Waals surface area contributed by atoms with E-state index in [1.165, 1.54) is 10.9 Å².